The van der Waals surface area contributed by atoms with Crippen LogP contribution in [-0.2, 0) is 6.54 Å². The van der Waals surface area contributed by atoms with Crippen molar-refractivity contribution in [2.45, 2.75) is 77.7 Å². The zero-order valence-electron chi connectivity index (χ0n) is 11.3. The van der Waals surface area contributed by atoms with Crippen LogP contribution in [0.1, 0.15) is 71.1 Å². The average molecular weight is 237 g/mol. The summed E-state index contributed by atoms with van der Waals surface area (Å²) in [5.41, 5.74) is 0. The Bertz CT molecular complexity index is 244. The highest BCUT2D eigenvalue weighted by Crippen LogP contribution is 2.10. The number of aryl methyl sites for hydroxylation is 1. The summed E-state index contributed by atoms with van der Waals surface area (Å²) in [6.07, 6.45) is 17.5. The van der Waals surface area contributed by atoms with Gasteiger partial charge in [-0.3, -0.25) is 0 Å². The molecule has 17 heavy (non-hydrogen) atoms. The predicted octanol–water partition coefficient (Wildman–Crippen LogP) is 4.20. The largest absolute Gasteiger partial charge is 0.320 e. The van der Waals surface area contributed by atoms with Crippen molar-refractivity contribution in [3.8, 4) is 0 Å². The molecule has 3 nitrogen and oxygen atoms in total. The molecule has 1 heterocycles. The Balaban J connectivity index is 1.76. The third kappa shape index (κ3) is 7.94. The van der Waals surface area contributed by atoms with Gasteiger partial charge in [-0.1, -0.05) is 64.7 Å². The molecule has 0 saturated heterocycles. The first-order valence-corrected chi connectivity index (χ1v) is 7.26. The molecule has 0 bridgehead atoms. The van der Waals surface area contributed by atoms with Gasteiger partial charge in [0.1, 0.15) is 12.7 Å². The summed E-state index contributed by atoms with van der Waals surface area (Å²) in [6, 6.07) is 0. The van der Waals surface area contributed by atoms with Crippen LogP contribution in [0.25, 0.3) is 0 Å². The predicted molar refractivity (Wildman–Crippen MR) is 71.9 cm³/mol. The molecule has 0 saturated carbocycles. The Morgan fingerprint density at radius 1 is 0.706 bits per heavy atom. The van der Waals surface area contributed by atoms with Crippen LogP contribution < -0.4 is 0 Å². The summed E-state index contributed by atoms with van der Waals surface area (Å²) in [5, 5.41) is 7.60. The van der Waals surface area contributed by atoms with Gasteiger partial charge in [0.05, 0.1) is 0 Å². The molecule has 0 spiro atoms. The standard InChI is InChI=1S/C14H27N3/c1-2-3-4-5-6-7-8-9-10-11-12-17-13-15-16-14-17/h13-14H,2-12H2,1H3. The van der Waals surface area contributed by atoms with Crippen molar-refractivity contribution in [2.75, 3.05) is 0 Å². The first-order chi connectivity index (χ1) is 8.43. The number of hydrogen-bond donors (Lipinski definition) is 0. The molecule has 0 N–H and O–H groups in total. The first-order valence-electron chi connectivity index (χ1n) is 7.26. The number of rotatable bonds is 11. The maximum Gasteiger partial charge on any atom is 0.119 e. The van der Waals surface area contributed by atoms with E-state index < -0.39 is 0 Å². The lowest BCUT2D eigenvalue weighted by atomic mass is 10.1. The second-order valence-corrected chi connectivity index (χ2v) is 4.88. The van der Waals surface area contributed by atoms with Crippen LogP contribution in [0, 0.1) is 0 Å². The Kier molecular flexibility index (Phi) is 8.61. The van der Waals surface area contributed by atoms with Crippen LogP contribution >= 0.6 is 0 Å². The van der Waals surface area contributed by atoms with Gasteiger partial charge in [0, 0.05) is 6.54 Å². The topological polar surface area (TPSA) is 30.7 Å². The Labute approximate surface area is 106 Å². The van der Waals surface area contributed by atoms with Gasteiger partial charge < -0.3 is 4.57 Å². The van der Waals surface area contributed by atoms with Crippen molar-refractivity contribution in [3.05, 3.63) is 12.7 Å². The maximum atomic E-state index is 3.80. The number of nitrogens with zero attached hydrogens (tertiary/aromatic N) is 3. The average Bonchev–Trinajstić information content (AvgIpc) is 2.85. The SMILES string of the molecule is CCCCCCCCCCCCn1cnnc1. The number of unbranched alkanes of at least 4 members (excludes halogenated alkanes) is 9. The molecule has 0 aliphatic carbocycles. The highest BCUT2D eigenvalue weighted by atomic mass is 15.2. The minimum absolute atomic E-state index is 1.07. The fraction of sp³-hybridized carbons (Fsp3) is 0.857. The molecule has 1 rings (SSSR count). The summed E-state index contributed by atoms with van der Waals surface area (Å²) >= 11 is 0. The third-order valence-electron chi connectivity index (χ3n) is 3.24. The monoisotopic (exact) mass is 237 g/mol. The van der Waals surface area contributed by atoms with E-state index in [1.54, 1.807) is 12.7 Å². The Hall–Kier alpha value is -0.860. The highest BCUT2D eigenvalue weighted by molar-refractivity contribution is 4.59. The van der Waals surface area contributed by atoms with Gasteiger partial charge in [0.25, 0.3) is 0 Å². The molecule has 98 valence electrons. The van der Waals surface area contributed by atoms with E-state index in [9.17, 15) is 0 Å². The minimum Gasteiger partial charge on any atom is -0.320 e. The van der Waals surface area contributed by atoms with Crippen LogP contribution in [0.3, 0.4) is 0 Å². The minimum atomic E-state index is 1.07. The second-order valence-electron chi connectivity index (χ2n) is 4.88. The summed E-state index contributed by atoms with van der Waals surface area (Å²) < 4.78 is 2.06. The van der Waals surface area contributed by atoms with Crippen LogP contribution in [-0.4, -0.2) is 14.8 Å². The summed E-state index contributed by atoms with van der Waals surface area (Å²) in [6.45, 7) is 3.35. The maximum absolute atomic E-state index is 3.80. The van der Waals surface area contributed by atoms with Gasteiger partial charge in [0.15, 0.2) is 0 Å². The zero-order valence-corrected chi connectivity index (χ0v) is 11.3. The van der Waals surface area contributed by atoms with E-state index >= 15 is 0 Å². The van der Waals surface area contributed by atoms with Gasteiger partial charge in [0.2, 0.25) is 0 Å². The van der Waals surface area contributed by atoms with Crippen molar-refractivity contribution in [3.63, 3.8) is 0 Å². The summed E-state index contributed by atoms with van der Waals surface area (Å²) in [7, 11) is 0. The quantitative estimate of drug-likeness (QED) is 0.540. The van der Waals surface area contributed by atoms with Gasteiger partial charge in [-0.05, 0) is 6.42 Å². The molecule has 0 aromatic carbocycles. The zero-order chi connectivity index (χ0) is 12.2. The normalized spacial score (nSPS) is 10.9. The Morgan fingerprint density at radius 2 is 1.18 bits per heavy atom. The molecule has 0 amide bonds. The van der Waals surface area contributed by atoms with Gasteiger partial charge in [-0.2, -0.15) is 0 Å². The van der Waals surface area contributed by atoms with E-state index in [4.69, 9.17) is 0 Å². The van der Waals surface area contributed by atoms with Crippen molar-refractivity contribution in [1.29, 1.82) is 0 Å². The van der Waals surface area contributed by atoms with E-state index in [0.29, 0.717) is 0 Å². The van der Waals surface area contributed by atoms with Crippen molar-refractivity contribution in [1.82, 2.24) is 14.8 Å². The third-order valence-corrected chi connectivity index (χ3v) is 3.24. The van der Waals surface area contributed by atoms with E-state index in [1.165, 1.54) is 64.2 Å². The molecule has 0 atom stereocenters. The van der Waals surface area contributed by atoms with Crippen LogP contribution in [0.15, 0.2) is 12.7 Å². The van der Waals surface area contributed by atoms with Crippen LogP contribution in [0.2, 0.25) is 0 Å². The number of aromatic nitrogens is 3. The molecule has 1 aromatic heterocycles. The highest BCUT2D eigenvalue weighted by Gasteiger charge is 1.93. The molecular formula is C14H27N3. The van der Waals surface area contributed by atoms with E-state index in [-0.39, 0.29) is 0 Å². The molecule has 0 aliphatic heterocycles. The van der Waals surface area contributed by atoms with Crippen LogP contribution in [0.5, 0.6) is 0 Å². The second kappa shape index (κ2) is 10.3. The molecule has 3 heteroatoms. The lowest BCUT2D eigenvalue weighted by Gasteiger charge is -2.02. The summed E-state index contributed by atoms with van der Waals surface area (Å²) in [4.78, 5) is 0. The van der Waals surface area contributed by atoms with E-state index in [1.807, 2.05) is 0 Å². The molecule has 0 aliphatic rings. The van der Waals surface area contributed by atoms with Gasteiger partial charge >= 0.3 is 0 Å². The Morgan fingerprint density at radius 3 is 1.71 bits per heavy atom. The van der Waals surface area contributed by atoms with Crippen molar-refractivity contribution in [2.24, 2.45) is 0 Å². The van der Waals surface area contributed by atoms with Crippen LogP contribution in [0.4, 0.5) is 0 Å². The molecular weight excluding hydrogens is 210 g/mol. The van der Waals surface area contributed by atoms with Crippen molar-refractivity contribution < 1.29 is 0 Å². The van der Waals surface area contributed by atoms with E-state index in [2.05, 4.69) is 21.7 Å². The van der Waals surface area contributed by atoms with Gasteiger partial charge in [-0.25, -0.2) is 0 Å². The molecule has 0 fully saturated rings. The fourth-order valence-electron chi connectivity index (χ4n) is 2.12. The molecule has 0 radical (unpaired) electrons. The fourth-order valence-corrected chi connectivity index (χ4v) is 2.12. The molecule has 0 unspecified atom stereocenters. The number of hydrogen-bond acceptors (Lipinski definition) is 2. The molecule has 1 aromatic rings. The van der Waals surface area contributed by atoms with E-state index in [0.717, 1.165) is 6.54 Å². The summed E-state index contributed by atoms with van der Waals surface area (Å²) in [5.74, 6) is 0. The van der Waals surface area contributed by atoms with Gasteiger partial charge in [-0.15, -0.1) is 10.2 Å². The lowest BCUT2D eigenvalue weighted by molar-refractivity contribution is 0.534. The lowest BCUT2D eigenvalue weighted by Crippen LogP contribution is -1.94. The smallest absolute Gasteiger partial charge is 0.119 e. The van der Waals surface area contributed by atoms with Crippen molar-refractivity contribution >= 4 is 0 Å². The first kappa shape index (κ1) is 14.2.